The third-order valence-electron chi connectivity index (χ3n) is 2.87. The highest BCUT2D eigenvalue weighted by Crippen LogP contribution is 2.20. The maximum atomic E-state index is 11.7. The summed E-state index contributed by atoms with van der Waals surface area (Å²) in [7, 11) is 0. The minimum absolute atomic E-state index is 0.00308. The van der Waals surface area contributed by atoms with E-state index in [1.807, 2.05) is 6.92 Å². The SMILES string of the molecule is Cc1ccc(O)c(NC(=O)CC2CCCN2)n1. The molecule has 1 atom stereocenters. The van der Waals surface area contributed by atoms with Crippen molar-refractivity contribution >= 4 is 11.7 Å². The summed E-state index contributed by atoms with van der Waals surface area (Å²) in [6.07, 6.45) is 2.57. The molecule has 1 saturated heterocycles. The van der Waals surface area contributed by atoms with Crippen LogP contribution < -0.4 is 10.6 Å². The van der Waals surface area contributed by atoms with Crippen molar-refractivity contribution in [2.75, 3.05) is 11.9 Å². The number of nitrogens with one attached hydrogen (secondary N) is 2. The Bertz CT molecular complexity index is 414. The van der Waals surface area contributed by atoms with Gasteiger partial charge in [-0.15, -0.1) is 0 Å². The number of aromatic nitrogens is 1. The van der Waals surface area contributed by atoms with Crippen LogP contribution in [0.5, 0.6) is 5.75 Å². The van der Waals surface area contributed by atoms with E-state index in [1.54, 1.807) is 6.07 Å². The number of anilines is 1. The second kappa shape index (κ2) is 5.14. The predicted molar refractivity (Wildman–Crippen MR) is 64.9 cm³/mol. The molecule has 5 nitrogen and oxygen atoms in total. The summed E-state index contributed by atoms with van der Waals surface area (Å²) in [5, 5.41) is 15.4. The zero-order valence-electron chi connectivity index (χ0n) is 9.86. The molecule has 1 aromatic rings. The van der Waals surface area contributed by atoms with Crippen molar-refractivity contribution in [3.63, 3.8) is 0 Å². The summed E-state index contributed by atoms with van der Waals surface area (Å²) < 4.78 is 0. The lowest BCUT2D eigenvalue weighted by Gasteiger charge is -2.11. The number of amides is 1. The maximum absolute atomic E-state index is 11.7. The molecule has 1 aromatic heterocycles. The minimum Gasteiger partial charge on any atom is -0.504 e. The molecule has 1 aliphatic rings. The average molecular weight is 235 g/mol. The first-order chi connectivity index (χ1) is 8.15. The number of nitrogens with zero attached hydrogens (tertiary/aromatic N) is 1. The lowest BCUT2D eigenvalue weighted by molar-refractivity contribution is -0.116. The second-order valence-corrected chi connectivity index (χ2v) is 4.37. The Morgan fingerprint density at radius 1 is 1.65 bits per heavy atom. The molecule has 1 fully saturated rings. The first-order valence-electron chi connectivity index (χ1n) is 5.85. The predicted octanol–water partition coefficient (Wildman–Crippen LogP) is 1.18. The number of aromatic hydroxyl groups is 1. The van der Waals surface area contributed by atoms with Crippen LogP contribution >= 0.6 is 0 Å². The number of hydrogen-bond donors (Lipinski definition) is 3. The van der Waals surface area contributed by atoms with Crippen molar-refractivity contribution in [3.8, 4) is 5.75 Å². The summed E-state index contributed by atoms with van der Waals surface area (Å²) in [6, 6.07) is 3.48. The van der Waals surface area contributed by atoms with E-state index in [2.05, 4.69) is 15.6 Å². The van der Waals surface area contributed by atoms with Gasteiger partial charge in [0, 0.05) is 18.2 Å². The van der Waals surface area contributed by atoms with Gasteiger partial charge in [0.25, 0.3) is 0 Å². The van der Waals surface area contributed by atoms with Crippen molar-refractivity contribution in [2.24, 2.45) is 0 Å². The quantitative estimate of drug-likeness (QED) is 0.735. The molecule has 3 N–H and O–H groups in total. The molecule has 0 bridgehead atoms. The molecular formula is C12H17N3O2. The molecule has 0 spiro atoms. The first kappa shape index (κ1) is 11.9. The topological polar surface area (TPSA) is 74.2 Å². The van der Waals surface area contributed by atoms with E-state index >= 15 is 0 Å². The molecule has 2 heterocycles. The third kappa shape index (κ3) is 3.17. The molecule has 1 unspecified atom stereocenters. The normalized spacial score (nSPS) is 19.2. The number of carbonyl (C=O) groups is 1. The van der Waals surface area contributed by atoms with Gasteiger partial charge < -0.3 is 15.7 Å². The fourth-order valence-electron chi connectivity index (χ4n) is 1.98. The zero-order valence-corrected chi connectivity index (χ0v) is 9.86. The van der Waals surface area contributed by atoms with Crippen LogP contribution in [-0.4, -0.2) is 28.6 Å². The Morgan fingerprint density at radius 3 is 3.18 bits per heavy atom. The highest BCUT2D eigenvalue weighted by atomic mass is 16.3. The zero-order chi connectivity index (χ0) is 12.3. The Kier molecular flexibility index (Phi) is 3.58. The molecule has 0 aromatic carbocycles. The van der Waals surface area contributed by atoms with E-state index in [-0.39, 0.29) is 23.5 Å². The van der Waals surface area contributed by atoms with Gasteiger partial charge in [-0.1, -0.05) is 0 Å². The fraction of sp³-hybridized carbons (Fsp3) is 0.500. The number of aryl methyl sites for hydroxylation is 1. The second-order valence-electron chi connectivity index (χ2n) is 4.37. The van der Waals surface area contributed by atoms with Gasteiger partial charge in [-0.05, 0) is 38.4 Å². The van der Waals surface area contributed by atoms with Gasteiger partial charge in [0.15, 0.2) is 11.6 Å². The Morgan fingerprint density at radius 2 is 2.47 bits per heavy atom. The van der Waals surface area contributed by atoms with Crippen molar-refractivity contribution in [1.82, 2.24) is 10.3 Å². The minimum atomic E-state index is -0.113. The molecule has 0 saturated carbocycles. The Balaban J connectivity index is 1.95. The summed E-state index contributed by atoms with van der Waals surface area (Å²) >= 11 is 0. The van der Waals surface area contributed by atoms with Crippen molar-refractivity contribution in [1.29, 1.82) is 0 Å². The molecular weight excluding hydrogens is 218 g/mol. The van der Waals surface area contributed by atoms with Crippen LogP contribution in [-0.2, 0) is 4.79 Å². The van der Waals surface area contributed by atoms with Gasteiger partial charge in [0.1, 0.15) is 0 Å². The van der Waals surface area contributed by atoms with Gasteiger partial charge in [-0.3, -0.25) is 4.79 Å². The first-order valence-corrected chi connectivity index (χ1v) is 5.85. The van der Waals surface area contributed by atoms with Gasteiger partial charge in [0.2, 0.25) is 5.91 Å². The summed E-state index contributed by atoms with van der Waals surface area (Å²) in [6.45, 7) is 2.79. The summed E-state index contributed by atoms with van der Waals surface area (Å²) in [4.78, 5) is 15.8. The molecule has 0 radical (unpaired) electrons. The number of hydrogen-bond acceptors (Lipinski definition) is 4. The molecule has 2 rings (SSSR count). The van der Waals surface area contributed by atoms with Gasteiger partial charge >= 0.3 is 0 Å². The lowest BCUT2D eigenvalue weighted by Crippen LogP contribution is -2.27. The fourth-order valence-corrected chi connectivity index (χ4v) is 1.98. The van der Waals surface area contributed by atoms with Crippen molar-refractivity contribution < 1.29 is 9.90 Å². The van der Waals surface area contributed by atoms with E-state index in [4.69, 9.17) is 0 Å². The largest absolute Gasteiger partial charge is 0.504 e. The average Bonchev–Trinajstić information content (AvgIpc) is 2.76. The third-order valence-corrected chi connectivity index (χ3v) is 2.87. The highest BCUT2D eigenvalue weighted by molar-refractivity contribution is 5.91. The van der Waals surface area contributed by atoms with E-state index in [0.717, 1.165) is 25.1 Å². The highest BCUT2D eigenvalue weighted by Gasteiger charge is 2.18. The van der Waals surface area contributed by atoms with Crippen LogP contribution in [0, 0.1) is 6.92 Å². The molecule has 5 heteroatoms. The number of rotatable bonds is 3. The summed E-state index contributed by atoms with van der Waals surface area (Å²) in [5.41, 5.74) is 0.761. The van der Waals surface area contributed by atoms with Gasteiger partial charge in [-0.25, -0.2) is 4.98 Å². The van der Waals surface area contributed by atoms with Crippen LogP contribution in [0.15, 0.2) is 12.1 Å². The Hall–Kier alpha value is -1.62. The number of carbonyl (C=O) groups excluding carboxylic acids is 1. The van der Waals surface area contributed by atoms with Gasteiger partial charge in [0.05, 0.1) is 0 Å². The van der Waals surface area contributed by atoms with Gasteiger partial charge in [-0.2, -0.15) is 0 Å². The van der Waals surface area contributed by atoms with Crippen LogP contribution in [0.25, 0.3) is 0 Å². The maximum Gasteiger partial charge on any atom is 0.227 e. The van der Waals surface area contributed by atoms with E-state index in [0.29, 0.717) is 6.42 Å². The smallest absolute Gasteiger partial charge is 0.227 e. The Labute approximate surface area is 100 Å². The van der Waals surface area contributed by atoms with Crippen LogP contribution in [0.1, 0.15) is 25.0 Å². The monoisotopic (exact) mass is 235 g/mol. The molecule has 1 amide bonds. The van der Waals surface area contributed by atoms with Crippen molar-refractivity contribution in [2.45, 2.75) is 32.2 Å². The molecule has 0 aliphatic carbocycles. The van der Waals surface area contributed by atoms with Crippen LogP contribution in [0.3, 0.4) is 0 Å². The van der Waals surface area contributed by atoms with Crippen LogP contribution in [0.2, 0.25) is 0 Å². The van der Waals surface area contributed by atoms with E-state index in [1.165, 1.54) is 6.07 Å². The standard InChI is InChI=1S/C12H17N3O2/c1-8-4-5-10(16)12(14-8)15-11(17)7-9-3-2-6-13-9/h4-5,9,13,16H,2-3,6-7H2,1H3,(H,14,15,17). The van der Waals surface area contributed by atoms with E-state index < -0.39 is 0 Å². The molecule has 1 aliphatic heterocycles. The number of pyridine rings is 1. The summed E-state index contributed by atoms with van der Waals surface area (Å²) in [5.74, 6) is 0.133. The van der Waals surface area contributed by atoms with Crippen molar-refractivity contribution in [3.05, 3.63) is 17.8 Å². The molecule has 17 heavy (non-hydrogen) atoms. The molecule has 92 valence electrons. The van der Waals surface area contributed by atoms with Crippen LogP contribution in [0.4, 0.5) is 5.82 Å². The van der Waals surface area contributed by atoms with E-state index in [9.17, 15) is 9.90 Å². The lowest BCUT2D eigenvalue weighted by atomic mass is 10.1.